The Hall–Kier alpha value is -2.47. The van der Waals surface area contributed by atoms with E-state index in [1.54, 1.807) is 24.3 Å². The lowest BCUT2D eigenvalue weighted by molar-refractivity contribution is 0.262. The van der Waals surface area contributed by atoms with Crippen molar-refractivity contribution in [2.24, 2.45) is 0 Å². The Morgan fingerprint density at radius 1 is 1.29 bits per heavy atom. The number of rotatable bonds is 3. The first-order valence-corrected chi connectivity index (χ1v) is 6.27. The summed E-state index contributed by atoms with van der Waals surface area (Å²) in [6.07, 6.45) is 0. The number of carbonyl (C=O) groups is 1. The number of phenols is 1. The molecule has 0 radical (unpaired) electrons. The number of ether oxygens (including phenoxy) is 1. The second-order valence-electron chi connectivity index (χ2n) is 4.09. The van der Waals surface area contributed by atoms with Crippen LogP contribution in [0.1, 0.15) is 0 Å². The van der Waals surface area contributed by atoms with E-state index >= 15 is 0 Å². The maximum absolute atomic E-state index is 13.6. The van der Waals surface area contributed by atoms with Gasteiger partial charge in [0.05, 0.1) is 17.8 Å². The fraction of sp³-hybridized carbons (Fsp3) is 0.0714. The van der Waals surface area contributed by atoms with E-state index in [-0.39, 0.29) is 10.7 Å². The number of aromatic hydroxyl groups is 1. The van der Waals surface area contributed by atoms with Gasteiger partial charge in [-0.05, 0) is 18.2 Å². The van der Waals surface area contributed by atoms with Crippen LogP contribution in [0.25, 0.3) is 0 Å². The molecule has 2 aromatic rings. The van der Waals surface area contributed by atoms with E-state index in [9.17, 15) is 14.3 Å². The zero-order valence-corrected chi connectivity index (χ0v) is 11.7. The van der Waals surface area contributed by atoms with Gasteiger partial charge in [0.1, 0.15) is 11.5 Å². The quantitative estimate of drug-likeness (QED) is 0.754. The summed E-state index contributed by atoms with van der Waals surface area (Å²) in [5.41, 5.74) is 0.343. The molecule has 0 bridgehead atoms. The Labute approximate surface area is 125 Å². The molecule has 0 unspecified atom stereocenters. The summed E-state index contributed by atoms with van der Waals surface area (Å²) in [7, 11) is 1.51. The number of nitrogens with one attached hydrogen (secondary N) is 2. The Bertz CT molecular complexity index is 679. The van der Waals surface area contributed by atoms with Crippen molar-refractivity contribution >= 4 is 29.0 Å². The molecule has 2 rings (SSSR count). The van der Waals surface area contributed by atoms with Crippen LogP contribution in [0.2, 0.25) is 5.02 Å². The number of halogens is 2. The normalized spacial score (nSPS) is 10.0. The molecule has 2 aromatic carbocycles. The van der Waals surface area contributed by atoms with Crippen LogP contribution in [0.4, 0.5) is 20.6 Å². The van der Waals surface area contributed by atoms with Gasteiger partial charge in [0, 0.05) is 17.8 Å². The fourth-order valence-corrected chi connectivity index (χ4v) is 1.78. The molecule has 0 aliphatic carbocycles. The Morgan fingerprint density at radius 2 is 2.05 bits per heavy atom. The average Bonchev–Trinajstić information content (AvgIpc) is 2.45. The lowest BCUT2D eigenvalue weighted by Gasteiger charge is -2.10. The van der Waals surface area contributed by atoms with Gasteiger partial charge in [-0.25, -0.2) is 9.18 Å². The molecule has 21 heavy (non-hydrogen) atoms. The van der Waals surface area contributed by atoms with Gasteiger partial charge >= 0.3 is 6.03 Å². The maximum Gasteiger partial charge on any atom is 0.323 e. The van der Waals surface area contributed by atoms with Crippen LogP contribution < -0.4 is 15.4 Å². The molecule has 0 aromatic heterocycles. The predicted octanol–water partition coefficient (Wildman–Crippen LogP) is 3.84. The predicted molar refractivity (Wildman–Crippen MR) is 78.7 cm³/mol. The minimum Gasteiger partial charge on any atom is -0.506 e. The van der Waals surface area contributed by atoms with Crippen LogP contribution in [0.5, 0.6) is 11.5 Å². The van der Waals surface area contributed by atoms with Crippen molar-refractivity contribution in [2.75, 3.05) is 17.7 Å². The number of carbonyl (C=O) groups excluding carboxylic acids is 1. The molecule has 0 aliphatic rings. The number of hydrogen-bond donors (Lipinski definition) is 3. The largest absolute Gasteiger partial charge is 0.506 e. The molecule has 0 fully saturated rings. The van der Waals surface area contributed by atoms with Gasteiger partial charge in [0.2, 0.25) is 0 Å². The smallest absolute Gasteiger partial charge is 0.323 e. The number of benzene rings is 2. The van der Waals surface area contributed by atoms with E-state index in [4.69, 9.17) is 16.3 Å². The van der Waals surface area contributed by atoms with Crippen LogP contribution in [0.15, 0.2) is 36.4 Å². The van der Waals surface area contributed by atoms with Gasteiger partial charge in [-0.15, -0.1) is 0 Å². The minimum absolute atomic E-state index is 0.0620. The van der Waals surface area contributed by atoms with E-state index in [1.807, 2.05) is 0 Å². The molecular formula is C14H12ClFN2O3. The summed E-state index contributed by atoms with van der Waals surface area (Å²) in [6.45, 7) is 0. The molecule has 0 saturated heterocycles. The molecule has 0 saturated carbocycles. The minimum atomic E-state index is -0.794. The Morgan fingerprint density at radius 3 is 2.76 bits per heavy atom. The number of methoxy groups -OCH3 is 1. The third-order valence-corrected chi connectivity index (χ3v) is 2.92. The van der Waals surface area contributed by atoms with E-state index in [2.05, 4.69) is 10.6 Å². The van der Waals surface area contributed by atoms with Crippen molar-refractivity contribution in [3.8, 4) is 11.5 Å². The van der Waals surface area contributed by atoms with E-state index in [1.165, 1.54) is 7.11 Å². The molecule has 5 nitrogen and oxygen atoms in total. The zero-order chi connectivity index (χ0) is 15.4. The third-order valence-electron chi connectivity index (χ3n) is 2.61. The zero-order valence-electron chi connectivity index (χ0n) is 11.0. The first-order valence-electron chi connectivity index (χ1n) is 5.89. The molecule has 7 heteroatoms. The van der Waals surface area contributed by atoms with Crippen LogP contribution in [-0.4, -0.2) is 18.2 Å². The van der Waals surface area contributed by atoms with Crippen molar-refractivity contribution in [3.63, 3.8) is 0 Å². The number of phenolic OH excluding ortho intramolecular Hbond substituents is 1. The highest BCUT2D eigenvalue weighted by Gasteiger charge is 2.11. The van der Waals surface area contributed by atoms with Crippen molar-refractivity contribution < 1.29 is 19.0 Å². The summed E-state index contributed by atoms with van der Waals surface area (Å²) >= 11 is 5.66. The second-order valence-corrected chi connectivity index (χ2v) is 4.50. The Kier molecular flexibility index (Phi) is 4.49. The molecule has 110 valence electrons. The van der Waals surface area contributed by atoms with Crippen LogP contribution in [0, 0.1) is 5.82 Å². The average molecular weight is 311 g/mol. The second kappa shape index (κ2) is 6.32. The van der Waals surface area contributed by atoms with Gasteiger partial charge in [0.25, 0.3) is 0 Å². The monoisotopic (exact) mass is 310 g/mol. The number of amides is 2. The van der Waals surface area contributed by atoms with Crippen molar-refractivity contribution in [2.45, 2.75) is 0 Å². The van der Waals surface area contributed by atoms with Gasteiger partial charge in [-0.2, -0.15) is 0 Å². The Balaban J connectivity index is 2.09. The topological polar surface area (TPSA) is 70.6 Å². The standard InChI is InChI=1S/C14H12ClFN2O3/c1-21-9-4-2-3-8(5-9)17-14(20)18-12-6-10(15)13(19)7-11(12)16/h2-7,19H,1H3,(H2,17,18,20). The maximum atomic E-state index is 13.6. The molecule has 0 spiro atoms. The summed E-state index contributed by atoms with van der Waals surface area (Å²) in [5, 5.41) is 14.0. The summed E-state index contributed by atoms with van der Waals surface area (Å²) in [6, 6.07) is 7.99. The van der Waals surface area contributed by atoms with Crippen molar-refractivity contribution in [1.82, 2.24) is 0 Å². The highest BCUT2D eigenvalue weighted by atomic mass is 35.5. The highest BCUT2D eigenvalue weighted by molar-refractivity contribution is 6.32. The fourth-order valence-electron chi connectivity index (χ4n) is 1.62. The SMILES string of the molecule is COc1cccc(NC(=O)Nc2cc(Cl)c(O)cc2F)c1. The van der Waals surface area contributed by atoms with Gasteiger partial charge in [-0.1, -0.05) is 17.7 Å². The summed E-state index contributed by atoms with van der Waals surface area (Å²) in [4.78, 5) is 11.8. The number of urea groups is 1. The van der Waals surface area contributed by atoms with Crippen LogP contribution in [0.3, 0.4) is 0 Å². The lowest BCUT2D eigenvalue weighted by Crippen LogP contribution is -2.20. The lowest BCUT2D eigenvalue weighted by atomic mass is 10.3. The van der Waals surface area contributed by atoms with E-state index in [0.29, 0.717) is 11.4 Å². The molecule has 3 N–H and O–H groups in total. The first-order chi connectivity index (χ1) is 9.99. The van der Waals surface area contributed by atoms with Gasteiger partial charge < -0.3 is 20.5 Å². The van der Waals surface area contributed by atoms with E-state index in [0.717, 1.165) is 12.1 Å². The van der Waals surface area contributed by atoms with E-state index < -0.39 is 17.6 Å². The van der Waals surface area contributed by atoms with Crippen LogP contribution >= 0.6 is 11.6 Å². The van der Waals surface area contributed by atoms with Crippen LogP contribution in [-0.2, 0) is 0 Å². The molecule has 2 amide bonds. The van der Waals surface area contributed by atoms with Crippen molar-refractivity contribution in [3.05, 3.63) is 47.2 Å². The molecule has 0 atom stereocenters. The van der Waals surface area contributed by atoms with Gasteiger partial charge in [-0.3, -0.25) is 0 Å². The number of anilines is 2. The molecule has 0 aliphatic heterocycles. The van der Waals surface area contributed by atoms with Gasteiger partial charge in [0.15, 0.2) is 5.82 Å². The summed E-state index contributed by atoms with van der Waals surface area (Å²) < 4.78 is 18.6. The third kappa shape index (κ3) is 3.76. The highest BCUT2D eigenvalue weighted by Crippen LogP contribution is 2.29. The molecule has 0 heterocycles. The van der Waals surface area contributed by atoms with Crippen molar-refractivity contribution in [1.29, 1.82) is 0 Å². The summed E-state index contributed by atoms with van der Waals surface area (Å²) in [5.74, 6) is -0.614. The number of hydrogen-bond acceptors (Lipinski definition) is 3. The molecular weight excluding hydrogens is 299 g/mol. The first kappa shape index (κ1) is 14.9.